The van der Waals surface area contributed by atoms with E-state index in [9.17, 15) is 0 Å². The number of hydrogen-bond donors (Lipinski definition) is 0. The van der Waals surface area contributed by atoms with Crippen LogP contribution in [0, 0.1) is 18.8 Å². The molecule has 19 heavy (non-hydrogen) atoms. The van der Waals surface area contributed by atoms with Crippen LogP contribution in [0.15, 0.2) is 36.7 Å². The smallest absolute Gasteiger partial charge is 0.166 e. The molecule has 1 heterocycles. The highest BCUT2D eigenvalue weighted by Crippen LogP contribution is 2.17. The minimum atomic E-state index is 0.336. The second-order valence-electron chi connectivity index (χ2n) is 3.87. The molecule has 0 aliphatic carbocycles. The molecule has 0 N–H and O–H groups in total. The Hall–Kier alpha value is -2.05. The van der Waals surface area contributed by atoms with Gasteiger partial charge in [0.15, 0.2) is 5.82 Å². The highest BCUT2D eigenvalue weighted by Gasteiger charge is 2.00. The molecule has 0 bridgehead atoms. The Kier molecular flexibility index (Phi) is 4.77. The third-order valence-electron chi connectivity index (χ3n) is 2.47. The second kappa shape index (κ2) is 6.77. The van der Waals surface area contributed by atoms with Crippen molar-refractivity contribution in [1.82, 2.24) is 9.97 Å². The number of aromatic nitrogens is 2. The monoisotopic (exact) mass is 272 g/mol. The summed E-state index contributed by atoms with van der Waals surface area (Å²) >= 11 is 5.54. The topological polar surface area (TPSA) is 35.0 Å². The van der Waals surface area contributed by atoms with Crippen LogP contribution in [-0.4, -0.2) is 15.8 Å². The van der Waals surface area contributed by atoms with Crippen LogP contribution in [0.25, 0.3) is 0 Å². The first-order chi connectivity index (χ1) is 9.29. The molecule has 0 aliphatic heterocycles. The first-order valence-electron chi connectivity index (χ1n) is 5.84. The van der Waals surface area contributed by atoms with Gasteiger partial charge in [0, 0.05) is 18.0 Å². The lowest BCUT2D eigenvalue weighted by atomic mass is 10.1. The van der Waals surface area contributed by atoms with Crippen molar-refractivity contribution in [3.8, 4) is 17.6 Å². The molecular weight excluding hydrogens is 260 g/mol. The Labute approximate surface area is 117 Å². The van der Waals surface area contributed by atoms with E-state index in [1.807, 2.05) is 25.1 Å². The molecule has 0 saturated carbocycles. The number of aryl methyl sites for hydroxylation is 1. The second-order valence-corrected chi connectivity index (χ2v) is 4.13. The third-order valence-corrected chi connectivity index (χ3v) is 2.61. The van der Waals surface area contributed by atoms with E-state index in [4.69, 9.17) is 16.3 Å². The molecule has 96 valence electrons. The number of ether oxygens (including phenoxy) is 1. The molecule has 0 unspecified atom stereocenters. The SMILES string of the molecule is Cc1cc(OCc2ncccn2)ccc1C#CCCl. The number of alkyl halides is 1. The van der Waals surface area contributed by atoms with Crippen LogP contribution < -0.4 is 4.74 Å². The van der Waals surface area contributed by atoms with Crippen molar-refractivity contribution >= 4 is 11.6 Å². The van der Waals surface area contributed by atoms with E-state index in [-0.39, 0.29) is 0 Å². The molecule has 4 heteroatoms. The first kappa shape index (κ1) is 13.4. The van der Waals surface area contributed by atoms with Crippen LogP contribution in [0.2, 0.25) is 0 Å². The molecule has 0 fully saturated rings. The van der Waals surface area contributed by atoms with Crippen molar-refractivity contribution in [1.29, 1.82) is 0 Å². The quantitative estimate of drug-likeness (QED) is 0.636. The first-order valence-corrected chi connectivity index (χ1v) is 6.37. The summed E-state index contributed by atoms with van der Waals surface area (Å²) < 4.78 is 5.63. The highest BCUT2D eigenvalue weighted by molar-refractivity contribution is 6.19. The van der Waals surface area contributed by atoms with Crippen LogP contribution in [0.4, 0.5) is 0 Å². The van der Waals surface area contributed by atoms with Crippen LogP contribution in [0.3, 0.4) is 0 Å². The van der Waals surface area contributed by atoms with Crippen LogP contribution in [0.1, 0.15) is 17.0 Å². The van der Waals surface area contributed by atoms with E-state index in [2.05, 4.69) is 21.8 Å². The largest absolute Gasteiger partial charge is 0.486 e. The number of halogens is 1. The van der Waals surface area contributed by atoms with Gasteiger partial charge in [-0.1, -0.05) is 11.8 Å². The van der Waals surface area contributed by atoms with Crippen LogP contribution in [0.5, 0.6) is 5.75 Å². The molecule has 3 nitrogen and oxygen atoms in total. The average Bonchev–Trinajstić information content (AvgIpc) is 2.45. The molecule has 1 aromatic heterocycles. The van der Waals surface area contributed by atoms with Crippen LogP contribution >= 0.6 is 11.6 Å². The average molecular weight is 273 g/mol. The van der Waals surface area contributed by atoms with Gasteiger partial charge in [-0.15, -0.1) is 11.6 Å². The summed E-state index contributed by atoms with van der Waals surface area (Å²) in [5.74, 6) is 7.61. The molecule has 0 aliphatic rings. The van der Waals surface area contributed by atoms with E-state index >= 15 is 0 Å². The molecule has 1 aromatic carbocycles. The molecule has 0 atom stereocenters. The van der Waals surface area contributed by atoms with E-state index in [0.717, 1.165) is 16.9 Å². The Morgan fingerprint density at radius 2 is 2.05 bits per heavy atom. The fourth-order valence-electron chi connectivity index (χ4n) is 1.55. The molecule has 0 spiro atoms. The minimum absolute atomic E-state index is 0.336. The van der Waals surface area contributed by atoms with E-state index in [1.54, 1.807) is 18.5 Å². The molecular formula is C15H13ClN2O. The standard InChI is InChI=1S/C15H13ClN2O/c1-12-10-14(6-5-13(12)4-2-7-16)19-11-15-17-8-3-9-18-15/h3,5-6,8-10H,7,11H2,1H3. The summed E-state index contributed by atoms with van der Waals surface area (Å²) in [6.07, 6.45) is 3.39. The Morgan fingerprint density at radius 3 is 2.74 bits per heavy atom. The van der Waals surface area contributed by atoms with Gasteiger partial charge >= 0.3 is 0 Å². The molecule has 2 aromatic rings. The summed E-state index contributed by atoms with van der Waals surface area (Å²) in [4.78, 5) is 8.20. The van der Waals surface area contributed by atoms with Gasteiger partial charge in [-0.2, -0.15) is 0 Å². The van der Waals surface area contributed by atoms with Gasteiger partial charge in [0.1, 0.15) is 12.4 Å². The molecule has 0 saturated heterocycles. The lowest BCUT2D eigenvalue weighted by molar-refractivity contribution is 0.295. The van der Waals surface area contributed by atoms with Crippen molar-refractivity contribution in [2.24, 2.45) is 0 Å². The molecule has 2 rings (SSSR count). The maximum Gasteiger partial charge on any atom is 0.166 e. The summed E-state index contributed by atoms with van der Waals surface area (Å²) in [5, 5.41) is 0. The molecule has 0 radical (unpaired) electrons. The van der Waals surface area contributed by atoms with Crippen molar-refractivity contribution in [3.05, 3.63) is 53.6 Å². The van der Waals surface area contributed by atoms with E-state index in [0.29, 0.717) is 18.3 Å². The van der Waals surface area contributed by atoms with Gasteiger partial charge in [-0.25, -0.2) is 9.97 Å². The fourth-order valence-corrected chi connectivity index (χ4v) is 1.61. The number of nitrogens with zero attached hydrogens (tertiary/aromatic N) is 2. The normalized spacial score (nSPS) is 9.58. The number of rotatable bonds is 3. The lowest BCUT2D eigenvalue weighted by Gasteiger charge is -2.06. The summed E-state index contributed by atoms with van der Waals surface area (Å²) in [6.45, 7) is 2.34. The van der Waals surface area contributed by atoms with Gasteiger partial charge in [0.05, 0.1) is 5.88 Å². The Morgan fingerprint density at radius 1 is 1.26 bits per heavy atom. The van der Waals surface area contributed by atoms with Gasteiger partial charge in [0.25, 0.3) is 0 Å². The third kappa shape index (κ3) is 3.97. The van der Waals surface area contributed by atoms with Crippen LogP contribution in [-0.2, 0) is 6.61 Å². The zero-order chi connectivity index (χ0) is 13.5. The van der Waals surface area contributed by atoms with Crippen molar-refractivity contribution in [2.45, 2.75) is 13.5 Å². The summed E-state index contributed by atoms with van der Waals surface area (Å²) in [6, 6.07) is 7.53. The van der Waals surface area contributed by atoms with Crippen molar-refractivity contribution < 1.29 is 4.74 Å². The van der Waals surface area contributed by atoms with Gasteiger partial charge in [-0.05, 0) is 36.8 Å². The zero-order valence-corrected chi connectivity index (χ0v) is 11.3. The number of benzene rings is 1. The molecule has 0 amide bonds. The minimum Gasteiger partial charge on any atom is -0.486 e. The Balaban J connectivity index is 2.04. The summed E-state index contributed by atoms with van der Waals surface area (Å²) in [5.41, 5.74) is 2.02. The van der Waals surface area contributed by atoms with Gasteiger partial charge < -0.3 is 4.74 Å². The van der Waals surface area contributed by atoms with Crippen molar-refractivity contribution in [2.75, 3.05) is 5.88 Å². The van der Waals surface area contributed by atoms with Crippen molar-refractivity contribution in [3.63, 3.8) is 0 Å². The highest BCUT2D eigenvalue weighted by atomic mass is 35.5. The predicted molar refractivity (Wildman–Crippen MR) is 75.1 cm³/mol. The van der Waals surface area contributed by atoms with E-state index in [1.165, 1.54) is 0 Å². The number of hydrogen-bond acceptors (Lipinski definition) is 3. The fraction of sp³-hybridized carbons (Fsp3) is 0.200. The predicted octanol–water partition coefficient (Wildman–Crippen LogP) is 2.95. The summed E-state index contributed by atoms with van der Waals surface area (Å²) in [7, 11) is 0. The Bertz CT molecular complexity index is 603. The van der Waals surface area contributed by atoms with E-state index < -0.39 is 0 Å². The lowest BCUT2D eigenvalue weighted by Crippen LogP contribution is -2.00. The van der Waals surface area contributed by atoms with Gasteiger partial charge in [-0.3, -0.25) is 0 Å². The zero-order valence-electron chi connectivity index (χ0n) is 10.6. The van der Waals surface area contributed by atoms with Gasteiger partial charge in [0.2, 0.25) is 0 Å². The maximum absolute atomic E-state index is 5.63. The maximum atomic E-state index is 5.63.